The van der Waals surface area contributed by atoms with Gasteiger partial charge in [-0.15, -0.1) is 10.2 Å². The van der Waals surface area contributed by atoms with Crippen molar-refractivity contribution in [2.24, 2.45) is 0 Å². The van der Waals surface area contributed by atoms with Crippen LogP contribution in [-0.2, 0) is 10.5 Å². The number of rotatable bonds is 7. The summed E-state index contributed by atoms with van der Waals surface area (Å²) in [5, 5.41) is 12.9. The van der Waals surface area contributed by atoms with Gasteiger partial charge in [0.05, 0.1) is 10.0 Å². The molecule has 3 aromatic rings. The van der Waals surface area contributed by atoms with E-state index in [1.165, 1.54) is 23.1 Å². The highest BCUT2D eigenvalue weighted by atomic mass is 35.5. The first-order valence-corrected chi connectivity index (χ1v) is 11.3. The van der Waals surface area contributed by atoms with Crippen molar-refractivity contribution in [3.63, 3.8) is 0 Å². The number of amides is 1. The number of halogens is 3. The molecule has 3 rings (SSSR count). The second kappa shape index (κ2) is 9.53. The minimum atomic E-state index is -1.10. The standard InChI is InChI=1S/C19H16Cl3N3O2S2/c1-19(2,27-13-6-4-12(20)5-7-13)16(26)23-17-24-25-18(29-17)28-10-11-3-8-14(21)15(22)9-11/h3-9H,10H2,1-2H3,(H,23,24,26). The fourth-order valence-electron chi connectivity index (χ4n) is 2.18. The molecular weight excluding hydrogens is 473 g/mol. The van der Waals surface area contributed by atoms with E-state index in [-0.39, 0.29) is 5.91 Å². The number of carbonyl (C=O) groups is 1. The van der Waals surface area contributed by atoms with Gasteiger partial charge in [-0.05, 0) is 55.8 Å². The molecule has 0 aliphatic carbocycles. The maximum atomic E-state index is 12.6. The number of ether oxygens (including phenoxy) is 1. The van der Waals surface area contributed by atoms with Crippen LogP contribution in [0, 0.1) is 0 Å². The van der Waals surface area contributed by atoms with Crippen LogP contribution < -0.4 is 10.1 Å². The zero-order chi connectivity index (χ0) is 21.0. The van der Waals surface area contributed by atoms with Crippen LogP contribution in [0.4, 0.5) is 5.13 Å². The maximum Gasteiger partial charge on any atom is 0.269 e. The van der Waals surface area contributed by atoms with E-state index in [0.717, 1.165) is 9.90 Å². The SMILES string of the molecule is CC(C)(Oc1ccc(Cl)cc1)C(=O)Nc1nnc(SCc2ccc(Cl)c(Cl)c2)s1. The van der Waals surface area contributed by atoms with E-state index in [1.807, 2.05) is 12.1 Å². The molecule has 0 atom stereocenters. The van der Waals surface area contributed by atoms with E-state index in [2.05, 4.69) is 15.5 Å². The van der Waals surface area contributed by atoms with Crippen molar-refractivity contribution in [3.05, 3.63) is 63.1 Å². The van der Waals surface area contributed by atoms with Crippen molar-refractivity contribution in [2.45, 2.75) is 29.5 Å². The van der Waals surface area contributed by atoms with Crippen LogP contribution in [0.25, 0.3) is 0 Å². The van der Waals surface area contributed by atoms with Gasteiger partial charge in [0, 0.05) is 10.8 Å². The Labute approximate surface area is 191 Å². The Bertz CT molecular complexity index is 1010. The molecule has 1 N–H and O–H groups in total. The molecule has 0 bridgehead atoms. The van der Waals surface area contributed by atoms with Gasteiger partial charge in [-0.25, -0.2) is 0 Å². The number of carbonyl (C=O) groups excluding carboxylic acids is 1. The van der Waals surface area contributed by atoms with E-state index < -0.39 is 5.60 Å². The van der Waals surface area contributed by atoms with Crippen molar-refractivity contribution in [3.8, 4) is 5.75 Å². The number of aromatic nitrogens is 2. The van der Waals surface area contributed by atoms with Gasteiger partial charge in [-0.2, -0.15) is 0 Å². The van der Waals surface area contributed by atoms with E-state index in [0.29, 0.717) is 31.7 Å². The fourth-order valence-corrected chi connectivity index (χ4v) is 4.32. The Morgan fingerprint density at radius 3 is 2.52 bits per heavy atom. The summed E-state index contributed by atoms with van der Waals surface area (Å²) in [5.41, 5.74) is -0.0879. The van der Waals surface area contributed by atoms with Crippen molar-refractivity contribution < 1.29 is 9.53 Å². The fraction of sp³-hybridized carbons (Fsp3) is 0.211. The topological polar surface area (TPSA) is 64.1 Å². The number of anilines is 1. The molecular formula is C19H16Cl3N3O2S2. The number of thioether (sulfide) groups is 1. The smallest absolute Gasteiger partial charge is 0.269 e. The van der Waals surface area contributed by atoms with Crippen LogP contribution in [0.2, 0.25) is 15.1 Å². The predicted molar refractivity (Wildman–Crippen MR) is 121 cm³/mol. The second-order valence-electron chi connectivity index (χ2n) is 6.43. The van der Waals surface area contributed by atoms with Crippen LogP contribution >= 0.6 is 57.9 Å². The minimum Gasteiger partial charge on any atom is -0.478 e. The third-order valence-corrected chi connectivity index (χ3v) is 6.74. The average Bonchev–Trinajstić information content (AvgIpc) is 3.12. The summed E-state index contributed by atoms with van der Waals surface area (Å²) in [5.74, 6) is 0.874. The Morgan fingerprint density at radius 1 is 1.10 bits per heavy atom. The van der Waals surface area contributed by atoms with E-state index in [4.69, 9.17) is 39.5 Å². The molecule has 0 fully saturated rings. The molecule has 1 heterocycles. The van der Waals surface area contributed by atoms with Gasteiger partial charge >= 0.3 is 0 Å². The quantitative estimate of drug-likeness (QED) is 0.300. The molecule has 0 saturated carbocycles. The third kappa shape index (κ3) is 6.23. The zero-order valence-corrected chi connectivity index (χ0v) is 19.3. The first kappa shape index (κ1) is 22.2. The van der Waals surface area contributed by atoms with Crippen molar-refractivity contribution in [2.75, 3.05) is 5.32 Å². The highest BCUT2D eigenvalue weighted by molar-refractivity contribution is 8.00. The molecule has 0 radical (unpaired) electrons. The van der Waals surface area contributed by atoms with Gasteiger partial charge in [-0.3, -0.25) is 10.1 Å². The summed E-state index contributed by atoms with van der Waals surface area (Å²) < 4.78 is 6.51. The van der Waals surface area contributed by atoms with Gasteiger partial charge in [0.25, 0.3) is 5.91 Å². The van der Waals surface area contributed by atoms with Crippen molar-refractivity contribution in [1.29, 1.82) is 0 Å². The summed E-state index contributed by atoms with van der Waals surface area (Å²) in [4.78, 5) is 12.6. The Kier molecular flexibility index (Phi) is 7.29. The van der Waals surface area contributed by atoms with E-state index in [1.54, 1.807) is 44.2 Å². The van der Waals surface area contributed by atoms with Crippen LogP contribution in [-0.4, -0.2) is 21.7 Å². The molecule has 1 aromatic heterocycles. The molecule has 5 nitrogen and oxygen atoms in total. The largest absolute Gasteiger partial charge is 0.478 e. The monoisotopic (exact) mass is 487 g/mol. The Hall–Kier alpha value is -1.51. The summed E-state index contributed by atoms with van der Waals surface area (Å²) >= 11 is 20.6. The maximum absolute atomic E-state index is 12.6. The van der Waals surface area contributed by atoms with E-state index >= 15 is 0 Å². The molecule has 0 spiro atoms. The van der Waals surface area contributed by atoms with Crippen LogP contribution in [0.1, 0.15) is 19.4 Å². The lowest BCUT2D eigenvalue weighted by molar-refractivity contribution is -0.128. The Morgan fingerprint density at radius 2 is 1.83 bits per heavy atom. The molecule has 152 valence electrons. The van der Waals surface area contributed by atoms with Gasteiger partial charge in [0.1, 0.15) is 5.75 Å². The predicted octanol–water partition coefficient (Wildman–Crippen LogP) is 6.59. The minimum absolute atomic E-state index is 0.329. The highest BCUT2D eigenvalue weighted by Crippen LogP contribution is 2.31. The summed E-state index contributed by atoms with van der Waals surface area (Å²) in [6, 6.07) is 12.3. The normalized spacial score (nSPS) is 11.3. The summed E-state index contributed by atoms with van der Waals surface area (Å²) in [6.45, 7) is 3.36. The summed E-state index contributed by atoms with van der Waals surface area (Å²) in [6.07, 6.45) is 0. The second-order valence-corrected chi connectivity index (χ2v) is 9.88. The first-order chi connectivity index (χ1) is 13.7. The molecule has 10 heteroatoms. The lowest BCUT2D eigenvalue weighted by Crippen LogP contribution is -2.42. The number of nitrogens with zero attached hydrogens (tertiary/aromatic N) is 2. The molecule has 0 unspecified atom stereocenters. The molecule has 0 saturated heterocycles. The lowest BCUT2D eigenvalue weighted by Gasteiger charge is -2.24. The van der Waals surface area contributed by atoms with Gasteiger partial charge in [0.2, 0.25) is 5.13 Å². The number of nitrogens with one attached hydrogen (secondary N) is 1. The molecule has 0 aliphatic heterocycles. The Balaban J connectivity index is 1.57. The molecule has 2 aromatic carbocycles. The van der Waals surface area contributed by atoms with E-state index in [9.17, 15) is 4.79 Å². The third-order valence-electron chi connectivity index (χ3n) is 3.71. The molecule has 0 aliphatic rings. The number of hydrogen-bond donors (Lipinski definition) is 1. The van der Waals surface area contributed by atoms with Gasteiger partial charge in [0.15, 0.2) is 9.94 Å². The number of hydrogen-bond acceptors (Lipinski definition) is 6. The molecule has 1 amide bonds. The van der Waals surface area contributed by atoms with Gasteiger partial charge in [-0.1, -0.05) is 64.0 Å². The zero-order valence-electron chi connectivity index (χ0n) is 15.4. The van der Waals surface area contributed by atoms with Gasteiger partial charge < -0.3 is 4.74 Å². The van der Waals surface area contributed by atoms with Crippen LogP contribution in [0.15, 0.2) is 46.8 Å². The van der Waals surface area contributed by atoms with Crippen LogP contribution in [0.3, 0.4) is 0 Å². The highest BCUT2D eigenvalue weighted by Gasteiger charge is 2.31. The summed E-state index contributed by atoms with van der Waals surface area (Å²) in [7, 11) is 0. The average molecular weight is 489 g/mol. The number of benzene rings is 2. The van der Waals surface area contributed by atoms with Crippen LogP contribution in [0.5, 0.6) is 5.75 Å². The first-order valence-electron chi connectivity index (χ1n) is 8.39. The molecule has 29 heavy (non-hydrogen) atoms. The lowest BCUT2D eigenvalue weighted by atomic mass is 10.1. The van der Waals surface area contributed by atoms with Crippen molar-refractivity contribution in [1.82, 2.24) is 10.2 Å². The van der Waals surface area contributed by atoms with Crippen molar-refractivity contribution >= 4 is 68.9 Å².